The topological polar surface area (TPSA) is 132 Å². The number of nitrogens with one attached hydrogen (secondary N) is 3. The molecule has 0 bridgehead atoms. The maximum Gasteiger partial charge on any atom is 0.325 e. The Morgan fingerprint density at radius 3 is 2.62 bits per heavy atom. The fraction of sp³-hybridized carbons (Fsp3) is 0.688. The maximum atomic E-state index is 12.9. The van der Waals surface area contributed by atoms with Crippen molar-refractivity contribution < 1.29 is 13.2 Å². The summed E-state index contributed by atoms with van der Waals surface area (Å²) in [6.45, 7) is 6.29. The van der Waals surface area contributed by atoms with Gasteiger partial charge in [-0.15, -0.1) is 0 Å². The predicted octanol–water partition coefficient (Wildman–Crippen LogP) is -0.0654. The summed E-state index contributed by atoms with van der Waals surface area (Å²) in [4.78, 5) is 39.4. The standard InChI is InChI=1S/C16H26N4O5S/c1-10(2)6-7-17-14(21)12-5-4-8-20(9-12)26(24,25)13-11(3)18-16(23)19-15(13)22/h10,12H,4-9H2,1-3H3,(H,17,21)(H2,18,19,22,23)/t12-/m0/s1. The third-order valence-corrected chi connectivity index (χ3v) is 6.47. The van der Waals surface area contributed by atoms with E-state index in [9.17, 15) is 22.8 Å². The quantitative estimate of drug-likeness (QED) is 0.630. The van der Waals surface area contributed by atoms with E-state index >= 15 is 0 Å². The van der Waals surface area contributed by atoms with E-state index in [2.05, 4.69) is 24.1 Å². The first-order valence-corrected chi connectivity index (χ1v) is 10.2. The van der Waals surface area contributed by atoms with E-state index in [-0.39, 0.29) is 24.7 Å². The lowest BCUT2D eigenvalue weighted by molar-refractivity contribution is -0.126. The zero-order valence-corrected chi connectivity index (χ0v) is 16.1. The molecule has 1 aliphatic rings. The van der Waals surface area contributed by atoms with Gasteiger partial charge in [-0.1, -0.05) is 13.8 Å². The van der Waals surface area contributed by atoms with Gasteiger partial charge in [0.2, 0.25) is 15.9 Å². The summed E-state index contributed by atoms with van der Waals surface area (Å²) in [5.41, 5.74) is -1.72. The van der Waals surface area contributed by atoms with Crippen molar-refractivity contribution in [1.82, 2.24) is 19.6 Å². The number of aryl methyl sites for hydroxylation is 1. The maximum absolute atomic E-state index is 12.9. The first kappa shape index (κ1) is 20.4. The van der Waals surface area contributed by atoms with Crippen molar-refractivity contribution in [1.29, 1.82) is 0 Å². The zero-order chi connectivity index (χ0) is 19.5. The molecule has 1 aromatic rings. The first-order valence-electron chi connectivity index (χ1n) is 8.74. The van der Waals surface area contributed by atoms with Crippen LogP contribution >= 0.6 is 0 Å². The minimum Gasteiger partial charge on any atom is -0.356 e. The molecule has 0 aromatic carbocycles. The van der Waals surface area contributed by atoms with Gasteiger partial charge in [0.1, 0.15) is 0 Å². The molecule has 26 heavy (non-hydrogen) atoms. The van der Waals surface area contributed by atoms with Crippen LogP contribution in [0.15, 0.2) is 14.5 Å². The summed E-state index contributed by atoms with van der Waals surface area (Å²) in [5.74, 6) is -0.154. The van der Waals surface area contributed by atoms with Gasteiger partial charge in [-0.3, -0.25) is 14.6 Å². The fourth-order valence-electron chi connectivity index (χ4n) is 3.03. The largest absolute Gasteiger partial charge is 0.356 e. The van der Waals surface area contributed by atoms with Gasteiger partial charge in [0.15, 0.2) is 4.90 Å². The number of hydrogen-bond donors (Lipinski definition) is 3. The number of nitrogens with zero attached hydrogens (tertiary/aromatic N) is 1. The van der Waals surface area contributed by atoms with Crippen molar-refractivity contribution in [3.05, 3.63) is 26.5 Å². The molecule has 1 saturated heterocycles. The number of hydrogen-bond acceptors (Lipinski definition) is 5. The molecule has 10 heteroatoms. The first-order chi connectivity index (χ1) is 12.1. The average molecular weight is 386 g/mol. The predicted molar refractivity (Wildman–Crippen MR) is 96.4 cm³/mol. The molecule has 0 spiro atoms. The van der Waals surface area contributed by atoms with Crippen LogP contribution < -0.4 is 16.6 Å². The second-order valence-corrected chi connectivity index (χ2v) is 8.91. The minimum absolute atomic E-state index is 0.0118. The van der Waals surface area contributed by atoms with Crippen molar-refractivity contribution in [3.8, 4) is 0 Å². The van der Waals surface area contributed by atoms with E-state index in [1.807, 2.05) is 4.98 Å². The van der Waals surface area contributed by atoms with Gasteiger partial charge in [0.25, 0.3) is 5.56 Å². The number of piperidine rings is 1. The smallest absolute Gasteiger partial charge is 0.325 e. The molecule has 0 aliphatic carbocycles. The van der Waals surface area contributed by atoms with Crippen LogP contribution in [0.3, 0.4) is 0 Å². The summed E-state index contributed by atoms with van der Waals surface area (Å²) in [7, 11) is -4.10. The number of rotatable bonds is 6. The van der Waals surface area contributed by atoms with Gasteiger partial charge in [0, 0.05) is 25.3 Å². The van der Waals surface area contributed by atoms with E-state index in [1.165, 1.54) is 6.92 Å². The lowest BCUT2D eigenvalue weighted by atomic mass is 9.98. The molecular formula is C16H26N4O5S. The van der Waals surface area contributed by atoms with Gasteiger partial charge in [-0.05, 0) is 32.1 Å². The molecule has 1 atom stereocenters. The molecular weight excluding hydrogens is 360 g/mol. The average Bonchev–Trinajstić information content (AvgIpc) is 2.53. The lowest BCUT2D eigenvalue weighted by Gasteiger charge is -2.31. The number of carbonyl (C=O) groups excluding carboxylic acids is 1. The second kappa shape index (κ2) is 8.17. The molecule has 1 aromatic heterocycles. The lowest BCUT2D eigenvalue weighted by Crippen LogP contribution is -2.47. The van der Waals surface area contributed by atoms with Crippen LogP contribution in [0.4, 0.5) is 0 Å². The fourth-order valence-corrected chi connectivity index (χ4v) is 4.76. The van der Waals surface area contributed by atoms with Crippen LogP contribution in [-0.2, 0) is 14.8 Å². The van der Waals surface area contributed by atoms with E-state index in [4.69, 9.17) is 0 Å². The van der Waals surface area contributed by atoms with Crippen LogP contribution in [-0.4, -0.2) is 48.2 Å². The summed E-state index contributed by atoms with van der Waals surface area (Å²) >= 11 is 0. The Morgan fingerprint density at radius 1 is 1.31 bits per heavy atom. The molecule has 3 N–H and O–H groups in total. The molecule has 0 radical (unpaired) electrons. The highest BCUT2D eigenvalue weighted by atomic mass is 32.2. The Bertz CT molecular complexity index is 871. The summed E-state index contributed by atoms with van der Waals surface area (Å²) in [6, 6.07) is 0. The molecule has 1 amide bonds. The van der Waals surface area contributed by atoms with E-state index in [1.54, 1.807) is 0 Å². The Kier molecular flexibility index (Phi) is 6.40. The van der Waals surface area contributed by atoms with E-state index in [0.29, 0.717) is 25.3 Å². The third kappa shape index (κ3) is 4.61. The van der Waals surface area contributed by atoms with Gasteiger partial charge in [-0.25, -0.2) is 13.2 Å². The number of aromatic amines is 2. The van der Waals surface area contributed by atoms with E-state index in [0.717, 1.165) is 10.7 Å². The number of amides is 1. The number of sulfonamides is 1. The van der Waals surface area contributed by atoms with Crippen molar-refractivity contribution in [3.63, 3.8) is 0 Å². The Balaban J connectivity index is 2.17. The molecule has 0 saturated carbocycles. The molecule has 2 rings (SSSR count). The highest BCUT2D eigenvalue weighted by Crippen LogP contribution is 2.23. The van der Waals surface area contributed by atoms with Crippen LogP contribution in [0.1, 0.15) is 38.8 Å². The van der Waals surface area contributed by atoms with Crippen LogP contribution in [0.25, 0.3) is 0 Å². The highest BCUT2D eigenvalue weighted by Gasteiger charge is 2.35. The Labute approximate surface area is 152 Å². The molecule has 1 aliphatic heterocycles. The SMILES string of the molecule is Cc1[nH]c(=O)[nH]c(=O)c1S(=O)(=O)N1CCC[C@H](C(=O)NCCC(C)C)C1. The number of carbonyl (C=O) groups is 1. The van der Waals surface area contributed by atoms with Crippen LogP contribution in [0.2, 0.25) is 0 Å². The molecule has 9 nitrogen and oxygen atoms in total. The van der Waals surface area contributed by atoms with Crippen molar-refractivity contribution in [2.75, 3.05) is 19.6 Å². The zero-order valence-electron chi connectivity index (χ0n) is 15.3. The second-order valence-electron chi connectivity index (χ2n) is 7.04. The van der Waals surface area contributed by atoms with Gasteiger partial charge in [-0.2, -0.15) is 4.31 Å². The normalized spacial score (nSPS) is 18.8. The highest BCUT2D eigenvalue weighted by molar-refractivity contribution is 7.89. The Hall–Kier alpha value is -1.94. The minimum atomic E-state index is -4.10. The van der Waals surface area contributed by atoms with Crippen LogP contribution in [0, 0.1) is 18.8 Å². The molecule has 1 fully saturated rings. The summed E-state index contributed by atoms with van der Waals surface area (Å²) in [6.07, 6.45) is 1.98. The van der Waals surface area contributed by atoms with Gasteiger partial charge < -0.3 is 10.3 Å². The van der Waals surface area contributed by atoms with E-state index < -0.39 is 32.1 Å². The molecule has 146 valence electrons. The molecule has 0 unspecified atom stereocenters. The van der Waals surface area contributed by atoms with Gasteiger partial charge in [0.05, 0.1) is 5.92 Å². The van der Waals surface area contributed by atoms with Crippen molar-refractivity contribution in [2.24, 2.45) is 11.8 Å². The van der Waals surface area contributed by atoms with Crippen molar-refractivity contribution in [2.45, 2.75) is 44.9 Å². The third-order valence-electron chi connectivity index (χ3n) is 4.45. The van der Waals surface area contributed by atoms with Crippen molar-refractivity contribution >= 4 is 15.9 Å². The summed E-state index contributed by atoms with van der Waals surface area (Å²) < 4.78 is 26.9. The number of aromatic nitrogens is 2. The van der Waals surface area contributed by atoms with Crippen LogP contribution in [0.5, 0.6) is 0 Å². The number of H-pyrrole nitrogens is 2. The van der Waals surface area contributed by atoms with Gasteiger partial charge >= 0.3 is 5.69 Å². The summed E-state index contributed by atoms with van der Waals surface area (Å²) in [5, 5.41) is 2.85. The monoisotopic (exact) mass is 386 g/mol. The Morgan fingerprint density at radius 2 is 2.00 bits per heavy atom. The molecule has 2 heterocycles.